The number of carbonyl (C=O) groups is 4. The maximum atomic E-state index is 12.8. The summed E-state index contributed by atoms with van der Waals surface area (Å²) in [5, 5.41) is 3.15. The van der Waals surface area contributed by atoms with Crippen molar-refractivity contribution in [1.82, 2.24) is 0 Å². The van der Waals surface area contributed by atoms with Gasteiger partial charge in [0.1, 0.15) is 0 Å². The average Bonchev–Trinajstić information content (AvgIpc) is 2.81. The molecule has 1 N–H and O–H groups in total. The Hall–Kier alpha value is -4.03. The summed E-state index contributed by atoms with van der Waals surface area (Å²) in [4.78, 5) is 49.4. The quantitative estimate of drug-likeness (QED) is 0.365. The molecular formula is C25H16ClNO5. The summed E-state index contributed by atoms with van der Waals surface area (Å²) in [5.41, 5.74) is 2.27. The number of amides is 1. The number of halogens is 1. The van der Waals surface area contributed by atoms with E-state index in [9.17, 15) is 19.2 Å². The molecule has 0 atom stereocenters. The maximum absolute atomic E-state index is 12.8. The van der Waals surface area contributed by atoms with E-state index < -0.39 is 18.5 Å². The minimum atomic E-state index is -0.682. The van der Waals surface area contributed by atoms with Gasteiger partial charge >= 0.3 is 5.97 Å². The Bertz CT molecular complexity index is 1280. The van der Waals surface area contributed by atoms with Crippen molar-refractivity contribution in [3.63, 3.8) is 0 Å². The molecule has 0 saturated carbocycles. The molecule has 3 aromatic carbocycles. The number of esters is 1. The molecule has 0 fully saturated rings. The molecule has 1 amide bonds. The van der Waals surface area contributed by atoms with Crippen molar-refractivity contribution >= 4 is 46.8 Å². The van der Waals surface area contributed by atoms with Crippen LogP contribution in [-0.4, -0.2) is 30.0 Å². The summed E-state index contributed by atoms with van der Waals surface area (Å²) in [7, 11) is 0. The van der Waals surface area contributed by atoms with Crippen LogP contribution in [0.5, 0.6) is 0 Å². The van der Waals surface area contributed by atoms with Gasteiger partial charge in [-0.15, -0.1) is 0 Å². The molecule has 0 heterocycles. The normalized spacial score (nSPS) is 12.3. The Morgan fingerprint density at radius 1 is 0.844 bits per heavy atom. The Morgan fingerprint density at radius 3 is 2.16 bits per heavy atom. The summed E-state index contributed by atoms with van der Waals surface area (Å²) >= 11 is 5.81. The molecule has 158 valence electrons. The molecule has 6 nitrogen and oxygen atoms in total. The maximum Gasteiger partial charge on any atom is 0.331 e. The molecule has 7 heteroatoms. The van der Waals surface area contributed by atoms with Gasteiger partial charge in [0, 0.05) is 39.0 Å². The van der Waals surface area contributed by atoms with Gasteiger partial charge in [0.05, 0.1) is 0 Å². The molecule has 0 radical (unpaired) electrons. The number of carbonyl (C=O) groups excluding carboxylic acids is 4. The molecule has 0 aromatic heterocycles. The molecule has 0 saturated heterocycles. The summed E-state index contributed by atoms with van der Waals surface area (Å²) in [6.07, 6.45) is 2.75. The van der Waals surface area contributed by atoms with Crippen molar-refractivity contribution in [3.05, 3.63) is 106 Å². The van der Waals surface area contributed by atoms with Crippen LogP contribution in [0.1, 0.15) is 37.4 Å². The minimum Gasteiger partial charge on any atom is -0.452 e. The Labute approximate surface area is 188 Å². The highest BCUT2D eigenvalue weighted by molar-refractivity contribution is 6.30. The molecule has 0 bridgehead atoms. The second kappa shape index (κ2) is 8.99. The average molecular weight is 446 g/mol. The number of benzene rings is 3. The van der Waals surface area contributed by atoms with Crippen LogP contribution in [0.15, 0.2) is 72.8 Å². The van der Waals surface area contributed by atoms with Gasteiger partial charge in [-0.3, -0.25) is 14.4 Å². The molecule has 4 rings (SSSR count). The Morgan fingerprint density at radius 2 is 1.47 bits per heavy atom. The number of ether oxygens (including phenoxy) is 1. The van der Waals surface area contributed by atoms with Gasteiger partial charge in [-0.25, -0.2) is 4.79 Å². The smallest absolute Gasteiger partial charge is 0.331 e. The molecule has 1 aliphatic rings. The van der Waals surface area contributed by atoms with Crippen LogP contribution in [0.2, 0.25) is 5.02 Å². The number of fused-ring (bicyclic) bond motifs is 2. The fraction of sp³-hybridized carbons (Fsp3) is 0.0400. The lowest BCUT2D eigenvalue weighted by Crippen LogP contribution is -2.23. The van der Waals surface area contributed by atoms with Crippen LogP contribution >= 0.6 is 11.6 Å². The van der Waals surface area contributed by atoms with Gasteiger partial charge in [-0.05, 0) is 42.0 Å². The van der Waals surface area contributed by atoms with Crippen LogP contribution in [0.25, 0.3) is 6.08 Å². The molecule has 0 aliphatic heterocycles. The van der Waals surface area contributed by atoms with Crippen LogP contribution < -0.4 is 5.32 Å². The van der Waals surface area contributed by atoms with E-state index in [0.717, 1.165) is 5.56 Å². The minimum absolute atomic E-state index is 0.217. The first-order valence-electron chi connectivity index (χ1n) is 9.65. The SMILES string of the molecule is O=C(COC(=O)C=Cc1ccc(Cl)cc1)Nc1ccc2c(c1)C(=O)c1ccccc1C2=O. The third kappa shape index (κ3) is 4.50. The van der Waals surface area contributed by atoms with Gasteiger partial charge in [0.25, 0.3) is 5.91 Å². The van der Waals surface area contributed by atoms with Crippen molar-refractivity contribution in [2.45, 2.75) is 0 Å². The number of ketones is 2. The largest absolute Gasteiger partial charge is 0.452 e. The lowest BCUT2D eigenvalue weighted by molar-refractivity contribution is -0.142. The van der Waals surface area contributed by atoms with E-state index in [1.165, 1.54) is 24.3 Å². The van der Waals surface area contributed by atoms with E-state index >= 15 is 0 Å². The van der Waals surface area contributed by atoms with Gasteiger partial charge in [0.15, 0.2) is 18.2 Å². The van der Waals surface area contributed by atoms with Gasteiger partial charge in [-0.2, -0.15) is 0 Å². The third-order valence-corrected chi connectivity index (χ3v) is 5.09. The van der Waals surface area contributed by atoms with E-state index in [0.29, 0.717) is 21.8 Å². The molecule has 3 aromatic rings. The summed E-state index contributed by atoms with van der Waals surface area (Å²) in [6.45, 7) is -0.503. The number of hydrogen-bond donors (Lipinski definition) is 1. The Kier molecular flexibility index (Phi) is 5.96. The van der Waals surface area contributed by atoms with E-state index in [-0.39, 0.29) is 22.7 Å². The highest BCUT2D eigenvalue weighted by Gasteiger charge is 2.29. The summed E-state index contributed by atoms with van der Waals surface area (Å²) < 4.78 is 4.93. The van der Waals surface area contributed by atoms with E-state index in [4.69, 9.17) is 16.3 Å². The van der Waals surface area contributed by atoms with Gasteiger partial charge in [-0.1, -0.05) is 48.0 Å². The molecule has 1 aliphatic carbocycles. The predicted molar refractivity (Wildman–Crippen MR) is 120 cm³/mol. The van der Waals surface area contributed by atoms with Crippen LogP contribution in [0, 0.1) is 0 Å². The number of rotatable bonds is 5. The molecule has 32 heavy (non-hydrogen) atoms. The number of hydrogen-bond acceptors (Lipinski definition) is 5. The van der Waals surface area contributed by atoms with Gasteiger partial charge in [0.2, 0.25) is 0 Å². The molecule has 0 unspecified atom stereocenters. The van der Waals surface area contributed by atoms with E-state index in [1.54, 1.807) is 54.6 Å². The number of anilines is 1. The van der Waals surface area contributed by atoms with Crippen molar-refractivity contribution in [3.8, 4) is 0 Å². The molecule has 0 spiro atoms. The van der Waals surface area contributed by atoms with Crippen molar-refractivity contribution in [1.29, 1.82) is 0 Å². The van der Waals surface area contributed by atoms with Gasteiger partial charge < -0.3 is 10.1 Å². The second-order valence-electron chi connectivity index (χ2n) is 7.00. The summed E-state index contributed by atoms with van der Waals surface area (Å²) in [6, 6.07) is 17.9. The third-order valence-electron chi connectivity index (χ3n) is 4.84. The standard InChI is InChI=1S/C25H16ClNO5/c26-16-8-5-15(6-9-16)7-12-23(29)32-14-22(28)27-17-10-11-20-21(13-17)25(31)19-4-2-1-3-18(19)24(20)30/h1-13H,14H2,(H,27,28). The first-order chi connectivity index (χ1) is 15.4. The lowest BCUT2D eigenvalue weighted by Gasteiger charge is -2.18. The number of nitrogens with one attached hydrogen (secondary N) is 1. The zero-order valence-electron chi connectivity index (χ0n) is 16.6. The molecular weight excluding hydrogens is 430 g/mol. The highest BCUT2D eigenvalue weighted by Crippen LogP contribution is 2.29. The Balaban J connectivity index is 1.38. The van der Waals surface area contributed by atoms with E-state index in [1.807, 2.05) is 0 Å². The van der Waals surface area contributed by atoms with Crippen molar-refractivity contribution < 1.29 is 23.9 Å². The first-order valence-corrected chi connectivity index (χ1v) is 10.0. The topological polar surface area (TPSA) is 89.5 Å². The fourth-order valence-corrected chi connectivity index (χ4v) is 3.42. The van der Waals surface area contributed by atoms with Crippen molar-refractivity contribution in [2.75, 3.05) is 11.9 Å². The van der Waals surface area contributed by atoms with Crippen LogP contribution in [-0.2, 0) is 14.3 Å². The monoisotopic (exact) mass is 445 g/mol. The highest BCUT2D eigenvalue weighted by atomic mass is 35.5. The zero-order chi connectivity index (χ0) is 22.7. The van der Waals surface area contributed by atoms with Crippen LogP contribution in [0.3, 0.4) is 0 Å². The first kappa shape index (κ1) is 21.2. The predicted octanol–water partition coefficient (Wildman–Crippen LogP) is 4.31. The van der Waals surface area contributed by atoms with Crippen molar-refractivity contribution in [2.24, 2.45) is 0 Å². The second-order valence-corrected chi connectivity index (χ2v) is 7.44. The van der Waals surface area contributed by atoms with Crippen LogP contribution in [0.4, 0.5) is 5.69 Å². The lowest BCUT2D eigenvalue weighted by atomic mass is 9.84. The zero-order valence-corrected chi connectivity index (χ0v) is 17.4. The summed E-state index contributed by atoms with van der Waals surface area (Å²) in [5.74, 6) is -1.79. The van der Waals surface area contributed by atoms with E-state index in [2.05, 4.69) is 5.32 Å². The fourth-order valence-electron chi connectivity index (χ4n) is 3.30.